The summed E-state index contributed by atoms with van der Waals surface area (Å²) in [5.74, 6) is 1.33. The fourth-order valence-corrected chi connectivity index (χ4v) is 2.31. The molecule has 0 bridgehead atoms. The first kappa shape index (κ1) is 17.6. The predicted octanol–water partition coefficient (Wildman–Crippen LogP) is 4.20. The summed E-state index contributed by atoms with van der Waals surface area (Å²) in [6, 6.07) is 15.3. The third-order valence-electron chi connectivity index (χ3n) is 3.56. The monoisotopic (exact) mass is 326 g/mol. The van der Waals surface area contributed by atoms with Crippen LogP contribution in [0.3, 0.4) is 0 Å². The van der Waals surface area contributed by atoms with E-state index in [0.717, 1.165) is 28.2 Å². The van der Waals surface area contributed by atoms with Crippen LogP contribution in [-0.2, 0) is 9.53 Å². The Labute approximate surface area is 142 Å². The van der Waals surface area contributed by atoms with E-state index in [-0.39, 0.29) is 12.4 Å². The summed E-state index contributed by atoms with van der Waals surface area (Å²) >= 11 is 0. The highest BCUT2D eigenvalue weighted by Gasteiger charge is 2.10. The quantitative estimate of drug-likeness (QED) is 0.565. The maximum Gasteiger partial charge on any atom is 0.310 e. The zero-order chi connectivity index (χ0) is 17.4. The first-order valence-corrected chi connectivity index (χ1v) is 7.81. The maximum absolute atomic E-state index is 11.9. The molecule has 2 aromatic rings. The number of hydrogen-bond donors (Lipinski definition) is 0. The number of hydrogen-bond acceptors (Lipinski definition) is 4. The fraction of sp³-hybridized carbons (Fsp3) is 0.250. The van der Waals surface area contributed by atoms with Gasteiger partial charge in [0.1, 0.15) is 11.5 Å². The van der Waals surface area contributed by atoms with Gasteiger partial charge in [-0.25, -0.2) is 0 Å². The van der Waals surface area contributed by atoms with Crippen LogP contribution in [0.1, 0.15) is 24.5 Å². The summed E-state index contributed by atoms with van der Waals surface area (Å²) in [6.45, 7) is 2.18. The van der Waals surface area contributed by atoms with Gasteiger partial charge in [-0.15, -0.1) is 0 Å². The van der Waals surface area contributed by atoms with Crippen LogP contribution in [0, 0.1) is 0 Å². The van der Waals surface area contributed by atoms with E-state index in [1.807, 2.05) is 54.6 Å². The normalized spacial score (nSPS) is 11.0. The van der Waals surface area contributed by atoms with E-state index in [2.05, 4.69) is 0 Å². The van der Waals surface area contributed by atoms with Crippen molar-refractivity contribution < 1.29 is 19.0 Å². The average Bonchev–Trinajstić information content (AvgIpc) is 2.62. The summed E-state index contributed by atoms with van der Waals surface area (Å²) < 4.78 is 15.4. The molecule has 0 N–H and O–H groups in total. The van der Waals surface area contributed by atoms with Gasteiger partial charge in [0.25, 0.3) is 0 Å². The van der Waals surface area contributed by atoms with E-state index in [4.69, 9.17) is 14.2 Å². The lowest BCUT2D eigenvalue weighted by Gasteiger charge is -2.09. The Morgan fingerprint density at radius 3 is 1.96 bits per heavy atom. The molecule has 0 saturated heterocycles. The van der Waals surface area contributed by atoms with Crippen LogP contribution in [-0.4, -0.2) is 26.8 Å². The van der Waals surface area contributed by atoms with E-state index in [1.165, 1.54) is 0 Å². The van der Waals surface area contributed by atoms with E-state index < -0.39 is 0 Å². The van der Waals surface area contributed by atoms with Crippen molar-refractivity contribution in [2.75, 3.05) is 20.8 Å². The third-order valence-corrected chi connectivity index (χ3v) is 3.56. The summed E-state index contributed by atoms with van der Waals surface area (Å²) in [4.78, 5) is 11.9. The van der Waals surface area contributed by atoms with Gasteiger partial charge >= 0.3 is 5.97 Å². The Morgan fingerprint density at radius 2 is 1.46 bits per heavy atom. The first-order chi connectivity index (χ1) is 11.7. The molecule has 0 heterocycles. The topological polar surface area (TPSA) is 44.8 Å². The van der Waals surface area contributed by atoms with Gasteiger partial charge < -0.3 is 14.2 Å². The minimum Gasteiger partial charge on any atom is -0.497 e. The third kappa shape index (κ3) is 4.88. The number of methoxy groups -OCH3 is 2. The Balaban J connectivity index is 2.32. The molecule has 0 atom stereocenters. The minimum absolute atomic E-state index is 0.214. The van der Waals surface area contributed by atoms with Crippen molar-refractivity contribution in [2.45, 2.75) is 13.3 Å². The molecule has 0 radical (unpaired) electrons. The molecule has 2 rings (SSSR count). The molecule has 126 valence electrons. The van der Waals surface area contributed by atoms with Gasteiger partial charge in [-0.3, -0.25) is 4.79 Å². The molecule has 4 nitrogen and oxygen atoms in total. The number of carbonyl (C=O) groups excluding carboxylic acids is 1. The van der Waals surface area contributed by atoms with Crippen molar-refractivity contribution in [3.05, 3.63) is 59.7 Å². The second-order valence-electron chi connectivity index (χ2n) is 5.15. The Kier molecular flexibility index (Phi) is 6.43. The van der Waals surface area contributed by atoms with Gasteiger partial charge in [0, 0.05) is 0 Å². The zero-order valence-electron chi connectivity index (χ0n) is 14.2. The number of esters is 1. The van der Waals surface area contributed by atoms with Crippen molar-refractivity contribution in [3.8, 4) is 11.5 Å². The van der Waals surface area contributed by atoms with Crippen molar-refractivity contribution in [1.82, 2.24) is 0 Å². The van der Waals surface area contributed by atoms with Crippen LogP contribution >= 0.6 is 0 Å². The Bertz CT molecular complexity index is 685. The lowest BCUT2D eigenvalue weighted by atomic mass is 9.99. The highest BCUT2D eigenvalue weighted by Crippen LogP contribution is 2.25. The molecule has 0 spiro atoms. The van der Waals surface area contributed by atoms with Gasteiger partial charge in [0.15, 0.2) is 0 Å². The molecule has 0 unspecified atom stereocenters. The molecule has 0 aliphatic rings. The number of rotatable bonds is 7. The van der Waals surface area contributed by atoms with Crippen LogP contribution in [0.2, 0.25) is 0 Å². The van der Waals surface area contributed by atoms with E-state index in [0.29, 0.717) is 6.61 Å². The maximum atomic E-state index is 11.9. The van der Waals surface area contributed by atoms with E-state index >= 15 is 0 Å². The fourth-order valence-electron chi connectivity index (χ4n) is 2.31. The molecule has 0 aromatic heterocycles. The molecule has 0 fully saturated rings. The number of ether oxygens (including phenoxy) is 3. The van der Waals surface area contributed by atoms with Crippen molar-refractivity contribution in [3.63, 3.8) is 0 Å². The van der Waals surface area contributed by atoms with Gasteiger partial charge in [-0.05, 0) is 47.9 Å². The smallest absolute Gasteiger partial charge is 0.310 e. The summed E-state index contributed by atoms with van der Waals surface area (Å²) in [5, 5.41) is 0. The standard InChI is InChI=1S/C20H22O4/c1-4-24-20(21)14-17(16-7-11-19(23-3)12-8-16)13-15-5-9-18(22-2)10-6-15/h5-13H,4,14H2,1-3H3. The van der Waals surface area contributed by atoms with Crippen molar-refractivity contribution >= 4 is 17.6 Å². The average molecular weight is 326 g/mol. The second-order valence-corrected chi connectivity index (χ2v) is 5.15. The number of benzene rings is 2. The van der Waals surface area contributed by atoms with Gasteiger partial charge in [-0.2, -0.15) is 0 Å². The van der Waals surface area contributed by atoms with Gasteiger partial charge in [0.05, 0.1) is 27.2 Å². The van der Waals surface area contributed by atoms with Crippen molar-refractivity contribution in [2.24, 2.45) is 0 Å². The van der Waals surface area contributed by atoms with Crippen LogP contribution in [0.15, 0.2) is 48.5 Å². The highest BCUT2D eigenvalue weighted by molar-refractivity contribution is 5.92. The van der Waals surface area contributed by atoms with Gasteiger partial charge in [-0.1, -0.05) is 30.3 Å². The van der Waals surface area contributed by atoms with Gasteiger partial charge in [0.2, 0.25) is 0 Å². The zero-order valence-corrected chi connectivity index (χ0v) is 14.2. The SMILES string of the molecule is CCOC(=O)CC(=Cc1ccc(OC)cc1)c1ccc(OC)cc1. The van der Waals surface area contributed by atoms with Crippen molar-refractivity contribution in [1.29, 1.82) is 0 Å². The molecular weight excluding hydrogens is 304 g/mol. The highest BCUT2D eigenvalue weighted by atomic mass is 16.5. The predicted molar refractivity (Wildman–Crippen MR) is 95.1 cm³/mol. The van der Waals surface area contributed by atoms with E-state index in [9.17, 15) is 4.79 Å². The van der Waals surface area contributed by atoms with Crippen LogP contribution in [0.4, 0.5) is 0 Å². The largest absolute Gasteiger partial charge is 0.497 e. The molecule has 0 aliphatic carbocycles. The molecule has 0 saturated carbocycles. The summed E-state index contributed by atoms with van der Waals surface area (Å²) in [6.07, 6.45) is 2.20. The van der Waals surface area contributed by atoms with E-state index in [1.54, 1.807) is 21.1 Å². The van der Waals surface area contributed by atoms with Crippen LogP contribution < -0.4 is 9.47 Å². The molecule has 2 aromatic carbocycles. The van der Waals surface area contributed by atoms with Crippen LogP contribution in [0.25, 0.3) is 11.6 Å². The molecule has 0 amide bonds. The molecule has 0 aliphatic heterocycles. The summed E-state index contributed by atoms with van der Waals surface area (Å²) in [5.41, 5.74) is 2.84. The Morgan fingerprint density at radius 1 is 0.917 bits per heavy atom. The molecule has 4 heteroatoms. The number of carbonyl (C=O) groups is 1. The molecule has 24 heavy (non-hydrogen) atoms. The second kappa shape index (κ2) is 8.77. The van der Waals surface area contributed by atoms with Crippen LogP contribution in [0.5, 0.6) is 11.5 Å². The lowest BCUT2D eigenvalue weighted by molar-refractivity contribution is -0.141. The molecular formula is C20H22O4. The Hall–Kier alpha value is -2.75. The summed E-state index contributed by atoms with van der Waals surface area (Å²) in [7, 11) is 3.26. The first-order valence-electron chi connectivity index (χ1n) is 7.81. The lowest BCUT2D eigenvalue weighted by Crippen LogP contribution is -2.04. The minimum atomic E-state index is -0.243.